The number of halogens is 1. The molecule has 0 spiro atoms. The first-order valence-electron chi connectivity index (χ1n) is 7.03. The Morgan fingerprint density at radius 3 is 2.48 bits per heavy atom. The van der Waals surface area contributed by atoms with Gasteiger partial charge in [0.25, 0.3) is 0 Å². The van der Waals surface area contributed by atoms with Gasteiger partial charge in [0, 0.05) is 4.47 Å². The van der Waals surface area contributed by atoms with Crippen molar-refractivity contribution in [3.8, 4) is 0 Å². The number of carboxylic acids is 1. The molecule has 0 aliphatic rings. The van der Waals surface area contributed by atoms with Gasteiger partial charge in [-0.25, -0.2) is 9.59 Å². The Hall–Kier alpha value is -1.36. The summed E-state index contributed by atoms with van der Waals surface area (Å²) >= 11 is 3.20. The van der Waals surface area contributed by atoms with Crippen LogP contribution in [0.2, 0.25) is 0 Å². The molecule has 0 fully saturated rings. The van der Waals surface area contributed by atoms with E-state index in [0.29, 0.717) is 4.47 Å². The van der Waals surface area contributed by atoms with Gasteiger partial charge in [0.15, 0.2) is 0 Å². The monoisotopic (exact) mass is 356 g/mol. The van der Waals surface area contributed by atoms with Crippen LogP contribution in [0, 0.1) is 0 Å². The zero-order valence-electron chi connectivity index (χ0n) is 12.6. The number of ether oxygens (including phenoxy) is 1. The lowest BCUT2D eigenvalue weighted by atomic mass is 10.00. The molecule has 0 heterocycles. The van der Waals surface area contributed by atoms with Crippen LogP contribution < -0.4 is 0 Å². The lowest BCUT2D eigenvalue weighted by Gasteiger charge is -2.25. The summed E-state index contributed by atoms with van der Waals surface area (Å²) in [5.41, 5.74) is -0.581. The van der Waals surface area contributed by atoms with Gasteiger partial charge in [0.1, 0.15) is 5.60 Å². The van der Waals surface area contributed by atoms with Crippen molar-refractivity contribution < 1.29 is 19.4 Å². The Bertz CT molecular complexity index is 523. The molecule has 0 amide bonds. The minimum atomic E-state index is -1.15. The quantitative estimate of drug-likeness (QED) is 0.569. The van der Waals surface area contributed by atoms with Crippen LogP contribution >= 0.6 is 15.9 Å². The Kier molecular flexibility index (Phi) is 6.40. The smallest absolute Gasteiger partial charge is 0.339 e. The summed E-state index contributed by atoms with van der Waals surface area (Å²) in [5, 5.41) is 9.18. The van der Waals surface area contributed by atoms with Crippen LogP contribution in [0.3, 0.4) is 0 Å². The maximum absolute atomic E-state index is 12.2. The van der Waals surface area contributed by atoms with E-state index in [4.69, 9.17) is 4.74 Å². The van der Waals surface area contributed by atoms with E-state index in [1.54, 1.807) is 6.07 Å². The predicted octanol–water partition coefficient (Wildman–Crippen LogP) is 4.66. The summed E-state index contributed by atoms with van der Waals surface area (Å²) in [6, 6.07) is 4.51. The number of unbranched alkanes of at least 4 members (excludes halogenated alkanes) is 2. The highest BCUT2D eigenvalue weighted by Crippen LogP contribution is 2.23. The molecule has 0 aromatic heterocycles. The number of esters is 1. The standard InChI is InChI=1S/C16H21BrO4/c1-4-5-6-9-16(2,3)21-15(20)12-8-7-11(17)10-13(12)14(18)19/h7-8,10H,4-6,9H2,1-3H3,(H,18,19). The van der Waals surface area contributed by atoms with Crippen LogP contribution in [0.4, 0.5) is 0 Å². The SMILES string of the molecule is CCCCCC(C)(C)OC(=O)c1ccc(Br)cc1C(=O)O. The average molecular weight is 357 g/mol. The van der Waals surface area contributed by atoms with Gasteiger partial charge in [-0.2, -0.15) is 0 Å². The third kappa shape index (κ3) is 5.50. The molecular formula is C16H21BrO4. The first-order valence-corrected chi connectivity index (χ1v) is 7.82. The van der Waals surface area contributed by atoms with Crippen molar-refractivity contribution in [3.05, 3.63) is 33.8 Å². The lowest BCUT2D eigenvalue weighted by Crippen LogP contribution is -2.28. The minimum absolute atomic E-state index is 0.0567. The van der Waals surface area contributed by atoms with Gasteiger partial charge in [0.2, 0.25) is 0 Å². The highest BCUT2D eigenvalue weighted by molar-refractivity contribution is 9.10. The van der Waals surface area contributed by atoms with Crippen molar-refractivity contribution in [2.24, 2.45) is 0 Å². The molecule has 0 unspecified atom stereocenters. The highest BCUT2D eigenvalue weighted by atomic mass is 79.9. The molecule has 1 aromatic rings. The fourth-order valence-corrected chi connectivity index (χ4v) is 2.39. The molecule has 0 bridgehead atoms. The molecule has 21 heavy (non-hydrogen) atoms. The fourth-order valence-electron chi connectivity index (χ4n) is 2.03. The molecule has 4 nitrogen and oxygen atoms in total. The van der Waals surface area contributed by atoms with E-state index >= 15 is 0 Å². The van der Waals surface area contributed by atoms with Gasteiger partial charge in [-0.05, 0) is 44.9 Å². The van der Waals surface area contributed by atoms with E-state index in [-0.39, 0.29) is 11.1 Å². The molecule has 1 N–H and O–H groups in total. The van der Waals surface area contributed by atoms with Crippen molar-refractivity contribution in [3.63, 3.8) is 0 Å². The summed E-state index contributed by atoms with van der Waals surface area (Å²) < 4.78 is 6.09. The number of aromatic carboxylic acids is 1. The lowest BCUT2D eigenvalue weighted by molar-refractivity contribution is -0.00574. The summed E-state index contributed by atoms with van der Waals surface area (Å²) in [6.07, 6.45) is 3.91. The number of carboxylic acid groups (broad SMARTS) is 1. The number of hydrogen-bond acceptors (Lipinski definition) is 3. The molecule has 116 valence electrons. The van der Waals surface area contributed by atoms with Crippen molar-refractivity contribution >= 4 is 27.9 Å². The third-order valence-corrected chi connectivity index (χ3v) is 3.68. The maximum atomic E-state index is 12.2. The summed E-state index contributed by atoms with van der Waals surface area (Å²) in [6.45, 7) is 5.81. The Labute approximate surface area is 133 Å². The van der Waals surface area contributed by atoms with Crippen molar-refractivity contribution in [2.75, 3.05) is 0 Å². The second kappa shape index (κ2) is 7.59. The van der Waals surface area contributed by atoms with Crippen molar-refractivity contribution in [1.82, 2.24) is 0 Å². The molecule has 0 saturated carbocycles. The minimum Gasteiger partial charge on any atom is -0.478 e. The van der Waals surface area contributed by atoms with E-state index < -0.39 is 17.5 Å². The third-order valence-electron chi connectivity index (χ3n) is 3.18. The van der Waals surface area contributed by atoms with E-state index in [0.717, 1.165) is 25.7 Å². The summed E-state index contributed by atoms with van der Waals surface area (Å²) in [7, 11) is 0. The zero-order chi connectivity index (χ0) is 16.0. The number of rotatable bonds is 7. The Balaban J connectivity index is 2.86. The van der Waals surface area contributed by atoms with Gasteiger partial charge >= 0.3 is 11.9 Å². The van der Waals surface area contributed by atoms with Gasteiger partial charge in [0.05, 0.1) is 11.1 Å². The predicted molar refractivity (Wildman–Crippen MR) is 84.7 cm³/mol. The Morgan fingerprint density at radius 2 is 1.90 bits per heavy atom. The number of hydrogen-bond donors (Lipinski definition) is 1. The molecule has 0 aliphatic carbocycles. The molecule has 0 aliphatic heterocycles. The van der Waals surface area contributed by atoms with E-state index in [1.807, 2.05) is 13.8 Å². The number of benzene rings is 1. The second-order valence-corrected chi connectivity index (χ2v) is 6.52. The Morgan fingerprint density at radius 1 is 1.24 bits per heavy atom. The molecule has 0 radical (unpaired) electrons. The largest absolute Gasteiger partial charge is 0.478 e. The molecule has 5 heteroatoms. The van der Waals surface area contributed by atoms with Gasteiger partial charge in [-0.1, -0.05) is 35.7 Å². The second-order valence-electron chi connectivity index (χ2n) is 5.60. The van der Waals surface area contributed by atoms with Crippen molar-refractivity contribution in [1.29, 1.82) is 0 Å². The van der Waals surface area contributed by atoms with Gasteiger partial charge in [-0.15, -0.1) is 0 Å². The topological polar surface area (TPSA) is 63.6 Å². The summed E-state index contributed by atoms with van der Waals surface area (Å²) in [5.74, 6) is -1.74. The molecule has 1 rings (SSSR count). The maximum Gasteiger partial charge on any atom is 0.339 e. The van der Waals surface area contributed by atoms with E-state index in [1.165, 1.54) is 12.1 Å². The summed E-state index contributed by atoms with van der Waals surface area (Å²) in [4.78, 5) is 23.5. The van der Waals surface area contributed by atoms with Crippen LogP contribution in [0.15, 0.2) is 22.7 Å². The van der Waals surface area contributed by atoms with Crippen molar-refractivity contribution in [2.45, 2.75) is 52.1 Å². The number of carbonyl (C=O) groups excluding carboxylic acids is 1. The van der Waals surface area contributed by atoms with Crippen LogP contribution in [0.1, 0.15) is 67.2 Å². The fraction of sp³-hybridized carbons (Fsp3) is 0.500. The van der Waals surface area contributed by atoms with E-state index in [9.17, 15) is 14.7 Å². The van der Waals surface area contributed by atoms with E-state index in [2.05, 4.69) is 22.9 Å². The molecule has 1 aromatic carbocycles. The van der Waals surface area contributed by atoms with Crippen LogP contribution in [0.5, 0.6) is 0 Å². The first-order chi connectivity index (χ1) is 9.76. The van der Waals surface area contributed by atoms with Crippen LogP contribution in [-0.4, -0.2) is 22.6 Å². The molecular weight excluding hydrogens is 336 g/mol. The molecule has 0 saturated heterocycles. The normalized spacial score (nSPS) is 11.2. The average Bonchev–Trinajstić information content (AvgIpc) is 2.37. The first kappa shape index (κ1) is 17.7. The van der Waals surface area contributed by atoms with Gasteiger partial charge in [-0.3, -0.25) is 0 Å². The van der Waals surface area contributed by atoms with Crippen LogP contribution in [0.25, 0.3) is 0 Å². The number of carbonyl (C=O) groups is 2. The highest BCUT2D eigenvalue weighted by Gasteiger charge is 2.26. The molecule has 0 atom stereocenters. The van der Waals surface area contributed by atoms with Crippen LogP contribution in [-0.2, 0) is 4.74 Å². The zero-order valence-corrected chi connectivity index (χ0v) is 14.2. The van der Waals surface area contributed by atoms with Gasteiger partial charge < -0.3 is 9.84 Å².